The number of hydrogen-bond acceptors (Lipinski definition) is 2. The van der Waals surface area contributed by atoms with E-state index in [1.165, 1.54) is 0 Å². The second-order valence-electron chi connectivity index (χ2n) is 3.06. The Labute approximate surface area is 94.5 Å². The topological polar surface area (TPSA) is 37.3 Å². The molecule has 1 aromatic rings. The molecule has 0 aliphatic heterocycles. The van der Waals surface area contributed by atoms with Crippen LogP contribution in [0.1, 0.15) is 5.56 Å². The quantitative estimate of drug-likeness (QED) is 0.892. The van der Waals surface area contributed by atoms with Gasteiger partial charge < -0.3 is 5.11 Å². The Morgan fingerprint density at radius 3 is 2.31 bits per heavy atom. The minimum Gasteiger partial charge on any atom is -0.480 e. The van der Waals surface area contributed by atoms with Gasteiger partial charge >= 0.3 is 12.1 Å². The van der Waals surface area contributed by atoms with Crippen molar-refractivity contribution in [3.63, 3.8) is 0 Å². The molecule has 0 aromatic heterocycles. The lowest BCUT2D eigenvalue weighted by Gasteiger charge is -2.15. The fourth-order valence-electron chi connectivity index (χ4n) is 1.06. The number of carboxylic acid groups (broad SMARTS) is 1. The summed E-state index contributed by atoms with van der Waals surface area (Å²) in [6, 6.07) is 8.44. The molecule has 0 fully saturated rings. The highest BCUT2D eigenvalue weighted by molar-refractivity contribution is 7.99. The molecule has 16 heavy (non-hydrogen) atoms. The Hall–Kier alpha value is -1.17. The summed E-state index contributed by atoms with van der Waals surface area (Å²) >= 11 is 0.365. The first-order valence-corrected chi connectivity index (χ1v) is 5.41. The van der Waals surface area contributed by atoms with E-state index >= 15 is 0 Å². The van der Waals surface area contributed by atoms with Crippen LogP contribution in [0.3, 0.4) is 0 Å². The Balaban J connectivity index is 2.62. The minimum atomic E-state index is -4.72. The molecule has 2 nitrogen and oxygen atoms in total. The number of rotatable bonds is 4. The molecule has 1 N–H and O–H groups in total. The molecule has 6 heteroatoms. The minimum absolute atomic E-state index is 0.0251. The number of halogens is 3. The summed E-state index contributed by atoms with van der Waals surface area (Å²) in [6.45, 7) is 0. The molecule has 1 unspecified atom stereocenters. The van der Waals surface area contributed by atoms with Gasteiger partial charge in [-0.25, -0.2) is 0 Å². The van der Waals surface area contributed by atoms with Gasteiger partial charge in [0.05, 0.1) is 0 Å². The largest absolute Gasteiger partial charge is 0.480 e. The van der Waals surface area contributed by atoms with E-state index in [0.717, 1.165) is 0 Å². The number of alkyl halides is 3. The zero-order valence-corrected chi connectivity index (χ0v) is 8.89. The zero-order chi connectivity index (χ0) is 12.2. The standard InChI is InChI=1S/C10H9F3O2S/c11-10(12,13)8(9(14)15)16-6-7-4-2-1-3-5-7/h1-5,8H,6H2,(H,14,15). The molecule has 1 rings (SSSR count). The Kier molecular flexibility index (Phi) is 4.23. The third-order valence-electron chi connectivity index (χ3n) is 1.78. The van der Waals surface area contributed by atoms with Crippen molar-refractivity contribution in [2.45, 2.75) is 17.2 Å². The molecule has 0 bridgehead atoms. The number of thioether (sulfide) groups is 1. The number of carbonyl (C=O) groups is 1. The smallest absolute Gasteiger partial charge is 0.411 e. The van der Waals surface area contributed by atoms with Crippen LogP contribution in [0.4, 0.5) is 13.2 Å². The lowest BCUT2D eigenvalue weighted by atomic mass is 10.2. The van der Waals surface area contributed by atoms with Crippen molar-refractivity contribution in [2.24, 2.45) is 0 Å². The van der Waals surface area contributed by atoms with Crippen LogP contribution >= 0.6 is 11.8 Å². The second-order valence-corrected chi connectivity index (χ2v) is 4.15. The van der Waals surface area contributed by atoms with Gasteiger partial charge in [0.25, 0.3) is 0 Å². The van der Waals surface area contributed by atoms with Crippen molar-refractivity contribution in [2.75, 3.05) is 0 Å². The molecule has 0 saturated carbocycles. The number of benzene rings is 1. The molecular formula is C10H9F3O2S. The van der Waals surface area contributed by atoms with Crippen molar-refractivity contribution in [3.05, 3.63) is 35.9 Å². The van der Waals surface area contributed by atoms with Gasteiger partial charge in [-0.05, 0) is 5.56 Å². The van der Waals surface area contributed by atoms with E-state index in [1.54, 1.807) is 30.3 Å². The van der Waals surface area contributed by atoms with Gasteiger partial charge in [-0.15, -0.1) is 11.8 Å². The van der Waals surface area contributed by atoms with Gasteiger partial charge in [0, 0.05) is 5.75 Å². The predicted octanol–water partition coefficient (Wildman–Crippen LogP) is 2.94. The highest BCUT2D eigenvalue weighted by Gasteiger charge is 2.45. The molecule has 88 valence electrons. The highest BCUT2D eigenvalue weighted by Crippen LogP contribution is 2.32. The van der Waals surface area contributed by atoms with Crippen LogP contribution in [0.25, 0.3) is 0 Å². The first-order valence-electron chi connectivity index (χ1n) is 4.36. The molecule has 0 aliphatic carbocycles. The Morgan fingerprint density at radius 1 is 1.31 bits per heavy atom. The van der Waals surface area contributed by atoms with E-state index in [4.69, 9.17) is 5.11 Å². The molecule has 0 radical (unpaired) electrons. The van der Waals surface area contributed by atoms with Gasteiger partial charge in [-0.1, -0.05) is 30.3 Å². The number of aliphatic carboxylic acids is 1. The monoisotopic (exact) mass is 250 g/mol. The average Bonchev–Trinajstić information content (AvgIpc) is 2.17. The first-order chi connectivity index (χ1) is 7.41. The van der Waals surface area contributed by atoms with Crippen LogP contribution in [-0.4, -0.2) is 22.5 Å². The number of carboxylic acids is 1. The average molecular weight is 250 g/mol. The van der Waals surface area contributed by atoms with Gasteiger partial charge in [-0.3, -0.25) is 4.79 Å². The van der Waals surface area contributed by atoms with Gasteiger partial charge in [0.1, 0.15) is 0 Å². The van der Waals surface area contributed by atoms with Crippen LogP contribution in [0.5, 0.6) is 0 Å². The first kappa shape index (κ1) is 12.9. The van der Waals surface area contributed by atoms with E-state index in [-0.39, 0.29) is 5.75 Å². The summed E-state index contributed by atoms with van der Waals surface area (Å²) in [4.78, 5) is 10.4. The molecule has 0 aliphatic rings. The normalized spacial score (nSPS) is 13.4. The fraction of sp³-hybridized carbons (Fsp3) is 0.300. The van der Waals surface area contributed by atoms with E-state index in [2.05, 4.69) is 0 Å². The molecule has 0 amide bonds. The fourth-order valence-corrected chi connectivity index (χ4v) is 1.94. The summed E-state index contributed by atoms with van der Waals surface area (Å²) < 4.78 is 36.8. The lowest BCUT2D eigenvalue weighted by molar-refractivity contribution is -0.162. The maximum atomic E-state index is 12.3. The molecule has 0 heterocycles. The lowest BCUT2D eigenvalue weighted by Crippen LogP contribution is -2.33. The van der Waals surface area contributed by atoms with Crippen molar-refractivity contribution in [1.29, 1.82) is 0 Å². The summed E-state index contributed by atoms with van der Waals surface area (Å²) in [5, 5.41) is 6.08. The van der Waals surface area contributed by atoms with Crippen LogP contribution in [0.2, 0.25) is 0 Å². The van der Waals surface area contributed by atoms with Crippen molar-refractivity contribution >= 4 is 17.7 Å². The summed E-state index contributed by atoms with van der Waals surface area (Å²) in [5.41, 5.74) is 0.669. The summed E-state index contributed by atoms with van der Waals surface area (Å²) in [6.07, 6.45) is -4.72. The molecular weight excluding hydrogens is 241 g/mol. The van der Waals surface area contributed by atoms with Crippen molar-refractivity contribution in [1.82, 2.24) is 0 Å². The van der Waals surface area contributed by atoms with E-state index in [0.29, 0.717) is 17.3 Å². The molecule has 1 aromatic carbocycles. The third kappa shape index (κ3) is 3.77. The Morgan fingerprint density at radius 2 is 1.88 bits per heavy atom. The molecule has 0 saturated heterocycles. The molecule has 0 spiro atoms. The maximum Gasteiger partial charge on any atom is 0.411 e. The maximum absolute atomic E-state index is 12.3. The second kappa shape index (κ2) is 5.25. The van der Waals surface area contributed by atoms with E-state index < -0.39 is 17.4 Å². The van der Waals surface area contributed by atoms with Gasteiger partial charge in [0.2, 0.25) is 0 Å². The van der Waals surface area contributed by atoms with Crippen molar-refractivity contribution < 1.29 is 23.1 Å². The SMILES string of the molecule is O=C(O)C(SCc1ccccc1)C(F)(F)F. The molecule has 1 atom stereocenters. The van der Waals surface area contributed by atoms with Crippen LogP contribution in [-0.2, 0) is 10.5 Å². The van der Waals surface area contributed by atoms with Gasteiger partial charge in [-0.2, -0.15) is 13.2 Å². The van der Waals surface area contributed by atoms with Crippen molar-refractivity contribution in [3.8, 4) is 0 Å². The zero-order valence-electron chi connectivity index (χ0n) is 8.07. The van der Waals surface area contributed by atoms with Crippen LogP contribution < -0.4 is 0 Å². The van der Waals surface area contributed by atoms with Crippen LogP contribution in [0.15, 0.2) is 30.3 Å². The Bertz CT molecular complexity index is 351. The van der Waals surface area contributed by atoms with E-state index in [9.17, 15) is 18.0 Å². The van der Waals surface area contributed by atoms with Gasteiger partial charge in [0.15, 0.2) is 5.25 Å². The third-order valence-corrected chi connectivity index (χ3v) is 3.08. The summed E-state index contributed by atoms with van der Waals surface area (Å²) in [5.74, 6) is -1.83. The van der Waals surface area contributed by atoms with Crippen LogP contribution in [0, 0.1) is 0 Å². The summed E-state index contributed by atoms with van der Waals surface area (Å²) in [7, 11) is 0. The predicted molar refractivity (Wildman–Crippen MR) is 55.2 cm³/mol. The highest BCUT2D eigenvalue weighted by atomic mass is 32.2. The van der Waals surface area contributed by atoms with E-state index in [1.807, 2.05) is 0 Å². The number of hydrogen-bond donors (Lipinski definition) is 1.